The first-order valence-corrected chi connectivity index (χ1v) is 5.89. The van der Waals surface area contributed by atoms with E-state index in [1.54, 1.807) is 19.2 Å². The molecule has 2 aromatic carbocycles. The number of aromatic hydroxyl groups is 1. The minimum Gasteiger partial charge on any atom is -0.508 e. The number of carbonyl (C=O) groups is 1. The van der Waals surface area contributed by atoms with Gasteiger partial charge >= 0.3 is 0 Å². The lowest BCUT2D eigenvalue weighted by atomic mass is 10.1. The Kier molecular flexibility index (Phi) is 4.03. The fraction of sp³-hybridized carbons (Fsp3) is 0.133. The molecule has 0 unspecified atom stereocenters. The second kappa shape index (κ2) is 5.91. The molecule has 0 aromatic heterocycles. The van der Waals surface area contributed by atoms with Gasteiger partial charge in [-0.05, 0) is 42.0 Å². The highest BCUT2D eigenvalue weighted by Crippen LogP contribution is 2.16. The summed E-state index contributed by atoms with van der Waals surface area (Å²) in [5.74, 6) is 0.791. The van der Waals surface area contributed by atoms with Gasteiger partial charge in [0, 0.05) is 5.69 Å². The number of hydrogen-bond donors (Lipinski definition) is 2. The summed E-state index contributed by atoms with van der Waals surface area (Å²) in [5, 5.41) is 11.9. The van der Waals surface area contributed by atoms with Crippen LogP contribution in [-0.2, 0) is 11.2 Å². The zero-order valence-electron chi connectivity index (χ0n) is 10.6. The van der Waals surface area contributed by atoms with E-state index in [2.05, 4.69) is 5.32 Å². The van der Waals surface area contributed by atoms with E-state index < -0.39 is 0 Å². The zero-order valence-corrected chi connectivity index (χ0v) is 10.6. The van der Waals surface area contributed by atoms with Crippen molar-refractivity contribution < 1.29 is 14.6 Å². The van der Waals surface area contributed by atoms with Gasteiger partial charge in [0.15, 0.2) is 0 Å². The van der Waals surface area contributed by atoms with E-state index in [0.717, 1.165) is 11.3 Å². The fourth-order valence-electron chi connectivity index (χ4n) is 1.72. The molecule has 0 aliphatic heterocycles. The molecule has 0 saturated carbocycles. The number of nitrogens with one attached hydrogen (secondary N) is 1. The molecule has 0 atom stereocenters. The molecule has 98 valence electrons. The lowest BCUT2D eigenvalue weighted by Gasteiger charge is -2.06. The predicted octanol–water partition coefficient (Wildman–Crippen LogP) is 2.58. The van der Waals surface area contributed by atoms with Crippen LogP contribution in [0, 0.1) is 0 Å². The van der Waals surface area contributed by atoms with Crippen molar-refractivity contribution in [3.05, 3.63) is 54.1 Å². The molecule has 2 aromatic rings. The van der Waals surface area contributed by atoms with Gasteiger partial charge in [0.1, 0.15) is 11.5 Å². The van der Waals surface area contributed by atoms with Crippen molar-refractivity contribution in [3.8, 4) is 11.5 Å². The summed E-state index contributed by atoms with van der Waals surface area (Å²) >= 11 is 0. The van der Waals surface area contributed by atoms with Crippen LogP contribution in [0.5, 0.6) is 11.5 Å². The van der Waals surface area contributed by atoms with E-state index in [1.807, 2.05) is 24.3 Å². The summed E-state index contributed by atoms with van der Waals surface area (Å²) in [5.41, 5.74) is 1.54. The van der Waals surface area contributed by atoms with E-state index in [1.165, 1.54) is 12.1 Å². The van der Waals surface area contributed by atoms with Crippen LogP contribution >= 0.6 is 0 Å². The van der Waals surface area contributed by atoms with Gasteiger partial charge in [-0.1, -0.05) is 12.1 Å². The molecule has 2 rings (SSSR count). The maximum absolute atomic E-state index is 11.9. The smallest absolute Gasteiger partial charge is 0.228 e. The SMILES string of the molecule is COc1cccc(CC(=O)Nc2ccc(O)cc2)c1. The van der Waals surface area contributed by atoms with E-state index in [0.29, 0.717) is 5.69 Å². The Morgan fingerprint density at radius 2 is 1.95 bits per heavy atom. The molecule has 2 N–H and O–H groups in total. The van der Waals surface area contributed by atoms with Gasteiger partial charge in [0.05, 0.1) is 13.5 Å². The molecule has 0 saturated heterocycles. The average molecular weight is 257 g/mol. The number of phenols is 1. The van der Waals surface area contributed by atoms with Gasteiger partial charge in [-0.3, -0.25) is 4.79 Å². The minimum absolute atomic E-state index is 0.112. The third-order valence-corrected chi connectivity index (χ3v) is 2.65. The van der Waals surface area contributed by atoms with Gasteiger partial charge in [0.2, 0.25) is 5.91 Å². The first-order valence-electron chi connectivity index (χ1n) is 5.89. The number of benzene rings is 2. The molecule has 0 fully saturated rings. The largest absolute Gasteiger partial charge is 0.508 e. The van der Waals surface area contributed by atoms with Crippen LogP contribution in [0.1, 0.15) is 5.56 Å². The highest BCUT2D eigenvalue weighted by molar-refractivity contribution is 5.92. The molecule has 0 bridgehead atoms. The van der Waals surface area contributed by atoms with Crippen LogP contribution in [0.2, 0.25) is 0 Å². The van der Waals surface area contributed by atoms with Gasteiger partial charge in [-0.25, -0.2) is 0 Å². The van der Waals surface area contributed by atoms with E-state index in [4.69, 9.17) is 9.84 Å². The van der Waals surface area contributed by atoms with Crippen molar-refractivity contribution in [2.24, 2.45) is 0 Å². The number of carbonyl (C=O) groups excluding carboxylic acids is 1. The average Bonchev–Trinajstić information content (AvgIpc) is 2.41. The predicted molar refractivity (Wildman–Crippen MR) is 73.4 cm³/mol. The van der Waals surface area contributed by atoms with Gasteiger partial charge in [-0.15, -0.1) is 0 Å². The molecule has 19 heavy (non-hydrogen) atoms. The Hall–Kier alpha value is -2.49. The van der Waals surface area contributed by atoms with Crippen LogP contribution in [-0.4, -0.2) is 18.1 Å². The van der Waals surface area contributed by atoms with Crippen molar-refractivity contribution >= 4 is 11.6 Å². The topological polar surface area (TPSA) is 58.6 Å². The lowest BCUT2D eigenvalue weighted by Crippen LogP contribution is -2.14. The normalized spacial score (nSPS) is 9.95. The second-order valence-electron chi connectivity index (χ2n) is 4.12. The van der Waals surface area contributed by atoms with Crippen molar-refractivity contribution in [1.29, 1.82) is 0 Å². The summed E-state index contributed by atoms with van der Waals surface area (Å²) in [4.78, 5) is 11.9. The monoisotopic (exact) mass is 257 g/mol. The summed E-state index contributed by atoms with van der Waals surface area (Å²) in [6, 6.07) is 13.7. The minimum atomic E-state index is -0.112. The molecule has 0 radical (unpaired) electrons. The Bertz CT molecular complexity index is 564. The molecule has 4 heteroatoms. The Morgan fingerprint density at radius 1 is 1.21 bits per heavy atom. The summed E-state index contributed by atoms with van der Waals surface area (Å²) in [6.45, 7) is 0. The molecule has 0 heterocycles. The number of ether oxygens (including phenoxy) is 1. The summed E-state index contributed by atoms with van der Waals surface area (Å²) in [6.07, 6.45) is 0.276. The number of amides is 1. The summed E-state index contributed by atoms with van der Waals surface area (Å²) < 4.78 is 5.11. The molecular formula is C15H15NO3. The number of methoxy groups -OCH3 is 1. The van der Waals surface area contributed by atoms with E-state index >= 15 is 0 Å². The van der Waals surface area contributed by atoms with Gasteiger partial charge in [0.25, 0.3) is 0 Å². The highest BCUT2D eigenvalue weighted by Gasteiger charge is 2.05. The van der Waals surface area contributed by atoms with Gasteiger partial charge in [-0.2, -0.15) is 0 Å². The second-order valence-corrected chi connectivity index (χ2v) is 4.12. The quantitative estimate of drug-likeness (QED) is 0.828. The fourth-order valence-corrected chi connectivity index (χ4v) is 1.72. The molecule has 0 aliphatic carbocycles. The molecule has 0 aliphatic rings. The third-order valence-electron chi connectivity index (χ3n) is 2.65. The first-order chi connectivity index (χ1) is 9.17. The molecule has 0 spiro atoms. The van der Waals surface area contributed by atoms with Crippen molar-refractivity contribution in [2.75, 3.05) is 12.4 Å². The van der Waals surface area contributed by atoms with Crippen molar-refractivity contribution in [3.63, 3.8) is 0 Å². The number of hydrogen-bond acceptors (Lipinski definition) is 3. The first kappa shape index (κ1) is 13.0. The van der Waals surface area contributed by atoms with E-state index in [9.17, 15) is 4.79 Å². The number of anilines is 1. The van der Waals surface area contributed by atoms with Crippen LogP contribution in [0.15, 0.2) is 48.5 Å². The lowest BCUT2D eigenvalue weighted by molar-refractivity contribution is -0.115. The van der Waals surface area contributed by atoms with E-state index in [-0.39, 0.29) is 18.1 Å². The Morgan fingerprint density at radius 3 is 2.63 bits per heavy atom. The highest BCUT2D eigenvalue weighted by atomic mass is 16.5. The maximum Gasteiger partial charge on any atom is 0.228 e. The molecule has 1 amide bonds. The van der Waals surface area contributed by atoms with Gasteiger partial charge < -0.3 is 15.2 Å². The molecular weight excluding hydrogens is 242 g/mol. The standard InChI is InChI=1S/C15H15NO3/c1-19-14-4-2-3-11(9-14)10-15(18)16-12-5-7-13(17)8-6-12/h2-9,17H,10H2,1H3,(H,16,18). The maximum atomic E-state index is 11.9. The van der Waals surface area contributed by atoms with Crippen molar-refractivity contribution in [2.45, 2.75) is 6.42 Å². The Balaban J connectivity index is 1.99. The number of phenolic OH excluding ortho intramolecular Hbond substituents is 1. The van der Waals surface area contributed by atoms with Crippen LogP contribution in [0.3, 0.4) is 0 Å². The molecule has 4 nitrogen and oxygen atoms in total. The van der Waals surface area contributed by atoms with Crippen LogP contribution in [0.4, 0.5) is 5.69 Å². The number of rotatable bonds is 4. The Labute approximate surface area is 111 Å². The van der Waals surface area contributed by atoms with Crippen LogP contribution < -0.4 is 10.1 Å². The summed E-state index contributed by atoms with van der Waals surface area (Å²) in [7, 11) is 1.59. The van der Waals surface area contributed by atoms with Crippen molar-refractivity contribution in [1.82, 2.24) is 0 Å². The van der Waals surface area contributed by atoms with Crippen LogP contribution in [0.25, 0.3) is 0 Å². The zero-order chi connectivity index (χ0) is 13.7. The third kappa shape index (κ3) is 3.74.